The van der Waals surface area contributed by atoms with Crippen molar-refractivity contribution < 1.29 is 80.2 Å². The molecule has 0 aromatic carbocycles. The Balaban J connectivity index is 5.25. The van der Waals surface area contributed by atoms with Gasteiger partial charge in [0.1, 0.15) is 19.3 Å². The topological polar surface area (TPSA) is 237 Å². The Bertz CT molecular complexity index is 2030. The number of aliphatic hydroxyl groups is 1. The molecule has 3 N–H and O–H groups in total. The Labute approximate surface area is 658 Å². The third-order valence-corrected chi connectivity index (χ3v) is 22.7. The van der Waals surface area contributed by atoms with E-state index < -0.39 is 97.5 Å². The van der Waals surface area contributed by atoms with Gasteiger partial charge in [-0.05, 0) is 31.6 Å². The molecule has 0 saturated carbocycles. The number of ether oxygens (including phenoxy) is 4. The zero-order chi connectivity index (χ0) is 78.3. The minimum Gasteiger partial charge on any atom is -0.462 e. The predicted molar refractivity (Wildman–Crippen MR) is 442 cm³/mol. The van der Waals surface area contributed by atoms with E-state index in [1.807, 2.05) is 0 Å². The Morgan fingerprint density at radius 1 is 0.252 bits per heavy atom. The fourth-order valence-electron chi connectivity index (χ4n) is 13.8. The first kappa shape index (κ1) is 105. The van der Waals surface area contributed by atoms with E-state index in [0.29, 0.717) is 25.7 Å². The molecule has 5 atom stereocenters. The molecule has 636 valence electrons. The van der Waals surface area contributed by atoms with Gasteiger partial charge in [0.15, 0.2) is 12.2 Å². The smallest absolute Gasteiger partial charge is 0.462 e. The molecule has 0 aliphatic heterocycles. The van der Waals surface area contributed by atoms with Crippen LogP contribution in [0.3, 0.4) is 0 Å². The van der Waals surface area contributed by atoms with Gasteiger partial charge < -0.3 is 33.8 Å². The average Bonchev–Trinajstić information content (AvgIpc) is 0.905. The standard InChI is InChI=1S/C88H172O17P2/c1-6-9-12-15-18-21-24-27-29-31-33-38-42-47-52-57-62-67-72-86(91)99-78-84(105-88(93)74-69-64-59-54-49-44-40-36-35-37-41-45-50-55-60-65-70-81(4)5)80-103-107(96,97)101-76-82(89)75-100-106(94,95)102-79-83(77-98-85(90)71-66-61-56-51-46-26-23-20-17-14-11-8-3)104-87(92)73-68-63-58-53-48-43-39-34-32-30-28-25-22-19-16-13-10-7-2/h81-84,89H,6-80H2,1-5H3,(H,94,95)(H,96,97)/t82-,83+,84+/m0/s1. The van der Waals surface area contributed by atoms with E-state index in [-0.39, 0.29) is 25.7 Å². The van der Waals surface area contributed by atoms with Crippen LogP contribution in [0.1, 0.15) is 478 Å². The maximum absolute atomic E-state index is 13.2. The van der Waals surface area contributed by atoms with E-state index >= 15 is 0 Å². The third-order valence-electron chi connectivity index (χ3n) is 20.8. The van der Waals surface area contributed by atoms with Crippen molar-refractivity contribution in [2.75, 3.05) is 39.6 Å². The summed E-state index contributed by atoms with van der Waals surface area (Å²) in [6.07, 6.45) is 74.9. The molecule has 0 fully saturated rings. The van der Waals surface area contributed by atoms with Crippen LogP contribution < -0.4 is 0 Å². The summed E-state index contributed by atoms with van der Waals surface area (Å²) in [5, 5.41) is 10.7. The fraction of sp³-hybridized carbons (Fsp3) is 0.955. The van der Waals surface area contributed by atoms with Crippen molar-refractivity contribution in [1.82, 2.24) is 0 Å². The molecule has 0 rings (SSSR count). The van der Waals surface area contributed by atoms with Crippen LogP contribution in [0.2, 0.25) is 0 Å². The highest BCUT2D eigenvalue weighted by molar-refractivity contribution is 7.47. The Morgan fingerprint density at radius 2 is 0.430 bits per heavy atom. The number of rotatable bonds is 88. The van der Waals surface area contributed by atoms with Gasteiger partial charge in [-0.25, -0.2) is 9.13 Å². The number of phosphoric acid groups is 2. The van der Waals surface area contributed by atoms with Crippen molar-refractivity contribution in [3.8, 4) is 0 Å². The van der Waals surface area contributed by atoms with E-state index in [0.717, 1.165) is 95.8 Å². The van der Waals surface area contributed by atoms with E-state index in [1.54, 1.807) is 0 Å². The number of hydrogen-bond donors (Lipinski definition) is 3. The molecular formula is C88H172O17P2. The van der Waals surface area contributed by atoms with Crippen molar-refractivity contribution in [3.63, 3.8) is 0 Å². The lowest BCUT2D eigenvalue weighted by Crippen LogP contribution is -2.30. The first-order chi connectivity index (χ1) is 52.0. The summed E-state index contributed by atoms with van der Waals surface area (Å²) in [4.78, 5) is 73.3. The molecule has 0 aliphatic carbocycles. The lowest BCUT2D eigenvalue weighted by atomic mass is 10.0. The van der Waals surface area contributed by atoms with E-state index in [1.165, 1.54) is 302 Å². The van der Waals surface area contributed by atoms with E-state index in [2.05, 4.69) is 34.6 Å². The normalized spacial score (nSPS) is 13.7. The molecule has 0 heterocycles. The Kier molecular flexibility index (Phi) is 79.2. The molecule has 0 aromatic heterocycles. The molecule has 0 aromatic rings. The van der Waals surface area contributed by atoms with Crippen LogP contribution in [-0.4, -0.2) is 96.7 Å². The van der Waals surface area contributed by atoms with Crippen molar-refractivity contribution in [2.24, 2.45) is 5.92 Å². The Morgan fingerprint density at radius 3 is 0.636 bits per heavy atom. The molecule has 0 bridgehead atoms. The summed E-state index contributed by atoms with van der Waals surface area (Å²) in [6, 6.07) is 0. The van der Waals surface area contributed by atoms with Crippen molar-refractivity contribution >= 4 is 39.5 Å². The quantitative estimate of drug-likeness (QED) is 0.0222. The second-order valence-corrected chi connectivity index (χ2v) is 35.0. The van der Waals surface area contributed by atoms with Crippen LogP contribution in [0, 0.1) is 5.92 Å². The predicted octanol–water partition coefficient (Wildman–Crippen LogP) is 27.2. The van der Waals surface area contributed by atoms with Crippen LogP contribution in [0.5, 0.6) is 0 Å². The number of hydrogen-bond acceptors (Lipinski definition) is 15. The van der Waals surface area contributed by atoms with Crippen molar-refractivity contribution in [2.45, 2.75) is 496 Å². The van der Waals surface area contributed by atoms with Crippen LogP contribution >= 0.6 is 15.6 Å². The molecule has 19 heteroatoms. The van der Waals surface area contributed by atoms with Gasteiger partial charge in [-0.2, -0.15) is 0 Å². The van der Waals surface area contributed by atoms with Gasteiger partial charge >= 0.3 is 39.5 Å². The summed E-state index contributed by atoms with van der Waals surface area (Å²) in [5.74, 6) is -1.29. The van der Waals surface area contributed by atoms with Gasteiger partial charge in [0.25, 0.3) is 0 Å². The summed E-state index contributed by atoms with van der Waals surface area (Å²) in [7, 11) is -9.93. The number of phosphoric ester groups is 2. The number of unbranched alkanes of at least 4 members (excludes halogenated alkanes) is 60. The van der Waals surface area contributed by atoms with Crippen LogP contribution in [0.15, 0.2) is 0 Å². The lowest BCUT2D eigenvalue weighted by molar-refractivity contribution is -0.161. The first-order valence-electron chi connectivity index (χ1n) is 45.6. The summed E-state index contributed by atoms with van der Waals surface area (Å²) >= 11 is 0. The summed E-state index contributed by atoms with van der Waals surface area (Å²) in [6.45, 7) is 7.42. The SMILES string of the molecule is CCCCCCCCCCCCCCCCCCCCC(=O)OC[C@H](COP(=O)(O)OC[C@@H](O)COP(=O)(O)OC[C@@H](COC(=O)CCCCCCCCCCCCCC)OC(=O)CCCCCCCCCCCCCCCCCCCC)OC(=O)CCCCCCCCCCCCCCCCCCC(C)C. The number of carbonyl (C=O) groups is 4. The highest BCUT2D eigenvalue weighted by Gasteiger charge is 2.30. The van der Waals surface area contributed by atoms with Gasteiger partial charge in [-0.1, -0.05) is 426 Å². The van der Waals surface area contributed by atoms with E-state index in [4.69, 9.17) is 37.0 Å². The summed E-state index contributed by atoms with van der Waals surface area (Å²) in [5.41, 5.74) is 0. The monoisotopic (exact) mass is 1560 g/mol. The molecule has 0 amide bonds. The van der Waals surface area contributed by atoms with Gasteiger partial charge in [0.2, 0.25) is 0 Å². The largest absolute Gasteiger partial charge is 0.472 e. The number of esters is 4. The molecular weight excluding hydrogens is 1390 g/mol. The maximum atomic E-state index is 13.2. The zero-order valence-corrected chi connectivity index (χ0v) is 72.1. The maximum Gasteiger partial charge on any atom is 0.472 e. The van der Waals surface area contributed by atoms with Gasteiger partial charge in [0, 0.05) is 25.7 Å². The minimum atomic E-state index is -4.97. The molecule has 107 heavy (non-hydrogen) atoms. The highest BCUT2D eigenvalue weighted by atomic mass is 31.2. The van der Waals surface area contributed by atoms with Crippen LogP contribution in [-0.2, 0) is 65.4 Å². The fourth-order valence-corrected chi connectivity index (χ4v) is 15.4. The number of carbonyl (C=O) groups excluding carboxylic acids is 4. The van der Waals surface area contributed by atoms with Gasteiger partial charge in [0.05, 0.1) is 26.4 Å². The molecule has 0 radical (unpaired) electrons. The molecule has 0 aliphatic rings. The van der Waals surface area contributed by atoms with Gasteiger partial charge in [-0.15, -0.1) is 0 Å². The first-order valence-corrected chi connectivity index (χ1v) is 48.6. The third kappa shape index (κ3) is 81.9. The molecule has 17 nitrogen and oxygen atoms in total. The molecule has 0 spiro atoms. The van der Waals surface area contributed by atoms with Crippen molar-refractivity contribution in [1.29, 1.82) is 0 Å². The number of aliphatic hydroxyl groups excluding tert-OH is 1. The second kappa shape index (κ2) is 80.7. The molecule has 0 saturated heterocycles. The minimum absolute atomic E-state index is 0.109. The Hall–Kier alpha value is -1.94. The van der Waals surface area contributed by atoms with Crippen molar-refractivity contribution in [3.05, 3.63) is 0 Å². The lowest BCUT2D eigenvalue weighted by Gasteiger charge is -2.21. The van der Waals surface area contributed by atoms with Crippen LogP contribution in [0.25, 0.3) is 0 Å². The van der Waals surface area contributed by atoms with E-state index in [9.17, 15) is 43.2 Å². The van der Waals surface area contributed by atoms with Gasteiger partial charge in [-0.3, -0.25) is 37.3 Å². The highest BCUT2D eigenvalue weighted by Crippen LogP contribution is 2.45. The zero-order valence-electron chi connectivity index (χ0n) is 70.3. The molecule has 2 unspecified atom stereocenters. The second-order valence-electron chi connectivity index (χ2n) is 32.1. The summed E-state index contributed by atoms with van der Waals surface area (Å²) < 4.78 is 69.0. The van der Waals surface area contributed by atoms with Crippen LogP contribution in [0.4, 0.5) is 0 Å². The average molecular weight is 1560 g/mol.